The summed E-state index contributed by atoms with van der Waals surface area (Å²) in [6.07, 6.45) is 0.993. The highest BCUT2D eigenvalue weighted by atomic mass is 35.5. The molecule has 186 valence electrons. The highest BCUT2D eigenvalue weighted by Crippen LogP contribution is 2.35. The van der Waals surface area contributed by atoms with Crippen molar-refractivity contribution < 1.29 is 18.0 Å². The van der Waals surface area contributed by atoms with Gasteiger partial charge in [-0.15, -0.1) is 11.3 Å². The van der Waals surface area contributed by atoms with Gasteiger partial charge in [-0.3, -0.25) is 9.59 Å². The Hall–Kier alpha value is -2.46. The number of thiophene rings is 1. The van der Waals surface area contributed by atoms with Crippen LogP contribution in [0.4, 0.5) is 0 Å². The maximum absolute atomic E-state index is 13.7. The molecule has 1 atom stereocenters. The summed E-state index contributed by atoms with van der Waals surface area (Å²) in [5.41, 5.74) is 0.851. The lowest BCUT2D eigenvalue weighted by atomic mass is 9.84. The second-order valence-corrected chi connectivity index (χ2v) is 12.2. The van der Waals surface area contributed by atoms with Crippen LogP contribution in [0.5, 0.6) is 0 Å². The van der Waals surface area contributed by atoms with Gasteiger partial charge in [0.05, 0.1) is 12.2 Å². The van der Waals surface area contributed by atoms with E-state index >= 15 is 0 Å². The summed E-state index contributed by atoms with van der Waals surface area (Å²) in [7, 11) is -3.64. The van der Waals surface area contributed by atoms with E-state index < -0.39 is 15.6 Å². The minimum Gasteiger partial charge on any atom is -0.336 e. The lowest BCUT2D eigenvalue weighted by molar-refractivity contribution is -0.164. The predicted octanol–water partition coefficient (Wildman–Crippen LogP) is 3.80. The molecule has 0 aliphatic carbocycles. The zero-order valence-electron chi connectivity index (χ0n) is 19.4. The van der Waals surface area contributed by atoms with E-state index in [9.17, 15) is 18.0 Å². The van der Waals surface area contributed by atoms with Gasteiger partial charge in [-0.05, 0) is 59.9 Å². The van der Waals surface area contributed by atoms with E-state index in [0.29, 0.717) is 18.0 Å². The van der Waals surface area contributed by atoms with Crippen molar-refractivity contribution in [1.82, 2.24) is 9.80 Å². The Labute approximate surface area is 214 Å². The first kappa shape index (κ1) is 25.6. The lowest BCUT2D eigenvalue weighted by Crippen LogP contribution is -2.68. The Bertz CT molecular complexity index is 1340. The van der Waals surface area contributed by atoms with Gasteiger partial charge in [0, 0.05) is 29.4 Å². The summed E-state index contributed by atoms with van der Waals surface area (Å²) in [6.45, 7) is 2.80. The second kappa shape index (κ2) is 10.3. The molecule has 10 heteroatoms. The number of rotatable bonds is 9. The molecule has 1 fully saturated rings. The largest absolute Gasteiger partial charge is 0.336 e. The third kappa shape index (κ3) is 5.86. The molecule has 3 aromatic rings. The van der Waals surface area contributed by atoms with Gasteiger partial charge >= 0.3 is 0 Å². The highest BCUT2D eigenvalue weighted by molar-refractivity contribution is 7.89. The number of halogens is 1. The molecular weight excluding hydrogens is 506 g/mol. The zero-order chi connectivity index (χ0) is 25.2. The van der Waals surface area contributed by atoms with Gasteiger partial charge in [-0.25, -0.2) is 13.6 Å². The molecular formula is C25H28ClN3O4S2. The number of nitrogens with zero attached hydrogens (tertiary/aromatic N) is 2. The molecule has 4 rings (SSSR count). The molecule has 1 aliphatic heterocycles. The van der Waals surface area contributed by atoms with Gasteiger partial charge < -0.3 is 9.80 Å². The molecule has 0 radical (unpaired) electrons. The molecule has 1 aromatic heterocycles. The predicted molar refractivity (Wildman–Crippen MR) is 140 cm³/mol. The number of benzene rings is 2. The monoisotopic (exact) mass is 533 g/mol. The number of carbonyl (C=O) groups excluding carboxylic acids is 2. The van der Waals surface area contributed by atoms with E-state index in [4.69, 9.17) is 16.7 Å². The van der Waals surface area contributed by atoms with Crippen LogP contribution in [0.2, 0.25) is 5.02 Å². The van der Waals surface area contributed by atoms with Crippen molar-refractivity contribution in [2.24, 2.45) is 5.14 Å². The van der Waals surface area contributed by atoms with Crippen molar-refractivity contribution >= 4 is 54.9 Å². The fourth-order valence-corrected chi connectivity index (χ4v) is 6.09. The molecule has 1 aliphatic rings. The van der Waals surface area contributed by atoms with Crippen LogP contribution in [-0.2, 0) is 32.6 Å². The fourth-order valence-electron chi connectivity index (χ4n) is 4.47. The number of hydrogen-bond donors (Lipinski definition) is 1. The summed E-state index contributed by atoms with van der Waals surface area (Å²) >= 11 is 7.60. The number of amides is 2. The molecule has 1 saturated heterocycles. The number of primary sulfonamides is 1. The minimum absolute atomic E-state index is 0.0911. The van der Waals surface area contributed by atoms with E-state index in [-0.39, 0.29) is 43.5 Å². The van der Waals surface area contributed by atoms with Crippen molar-refractivity contribution in [1.29, 1.82) is 0 Å². The maximum Gasteiger partial charge on any atom is 0.248 e. The van der Waals surface area contributed by atoms with Crippen LogP contribution in [0.25, 0.3) is 10.1 Å². The first-order chi connectivity index (χ1) is 16.6. The number of nitrogens with two attached hydrogens (primary N) is 1. The Morgan fingerprint density at radius 1 is 1.17 bits per heavy atom. The molecule has 0 saturated carbocycles. The van der Waals surface area contributed by atoms with Gasteiger partial charge in [0.2, 0.25) is 21.8 Å². The number of fused-ring (bicyclic) bond motifs is 1. The quantitative estimate of drug-likeness (QED) is 0.452. The van der Waals surface area contributed by atoms with Gasteiger partial charge in [0.15, 0.2) is 0 Å². The lowest BCUT2D eigenvalue weighted by Gasteiger charge is -2.51. The Morgan fingerprint density at radius 2 is 1.89 bits per heavy atom. The zero-order valence-corrected chi connectivity index (χ0v) is 21.8. The standard InChI is InChI=1S/C25H28ClN3O4S2/c1-25(11-13-29(25)23(30)15-19-17-34-22-6-3-2-5-21(19)22)24(31)28(12-4-14-35(27,32)33)16-18-7-9-20(26)10-8-18/h2-3,5-10,17H,4,11-16H2,1H3,(H2,27,32,33). The number of likely N-dealkylation sites (tertiary alicyclic amines) is 1. The van der Waals surface area contributed by atoms with Crippen LogP contribution < -0.4 is 5.14 Å². The molecule has 1 unspecified atom stereocenters. The Balaban J connectivity index is 1.51. The Kier molecular flexibility index (Phi) is 7.51. The summed E-state index contributed by atoms with van der Waals surface area (Å²) in [5.74, 6) is -0.509. The smallest absolute Gasteiger partial charge is 0.248 e. The van der Waals surface area contributed by atoms with Crippen molar-refractivity contribution in [3.63, 3.8) is 0 Å². The van der Waals surface area contributed by atoms with Gasteiger partial charge in [-0.1, -0.05) is 41.9 Å². The molecule has 2 heterocycles. The third-order valence-corrected chi connectivity index (χ3v) is 8.64. The van der Waals surface area contributed by atoms with Gasteiger partial charge in [-0.2, -0.15) is 0 Å². The third-order valence-electron chi connectivity index (χ3n) is 6.51. The molecule has 0 spiro atoms. The first-order valence-electron chi connectivity index (χ1n) is 11.4. The van der Waals surface area contributed by atoms with E-state index in [1.165, 1.54) is 0 Å². The van der Waals surface area contributed by atoms with E-state index in [2.05, 4.69) is 0 Å². The second-order valence-electron chi connectivity index (χ2n) is 9.08. The first-order valence-corrected chi connectivity index (χ1v) is 14.3. The summed E-state index contributed by atoms with van der Waals surface area (Å²) in [5, 5.41) is 8.81. The van der Waals surface area contributed by atoms with E-state index in [1.54, 1.807) is 40.2 Å². The van der Waals surface area contributed by atoms with Crippen LogP contribution in [0.1, 0.15) is 30.9 Å². The molecule has 7 nitrogen and oxygen atoms in total. The summed E-state index contributed by atoms with van der Waals surface area (Å²) in [4.78, 5) is 30.3. The van der Waals surface area contributed by atoms with E-state index in [0.717, 1.165) is 21.2 Å². The van der Waals surface area contributed by atoms with Crippen molar-refractivity contribution in [2.75, 3.05) is 18.8 Å². The fraction of sp³-hybridized carbons (Fsp3) is 0.360. The minimum atomic E-state index is -3.64. The summed E-state index contributed by atoms with van der Waals surface area (Å²) in [6, 6.07) is 15.1. The van der Waals surface area contributed by atoms with Gasteiger partial charge in [0.1, 0.15) is 5.54 Å². The van der Waals surface area contributed by atoms with Crippen LogP contribution in [0.15, 0.2) is 53.9 Å². The van der Waals surface area contributed by atoms with Crippen LogP contribution in [-0.4, -0.2) is 54.4 Å². The van der Waals surface area contributed by atoms with Crippen LogP contribution in [0.3, 0.4) is 0 Å². The molecule has 2 amide bonds. The molecule has 2 N–H and O–H groups in total. The van der Waals surface area contributed by atoms with E-state index in [1.807, 2.05) is 41.8 Å². The molecule has 0 bridgehead atoms. The van der Waals surface area contributed by atoms with Crippen molar-refractivity contribution in [3.05, 3.63) is 70.1 Å². The van der Waals surface area contributed by atoms with Crippen molar-refractivity contribution in [3.8, 4) is 0 Å². The molecule has 2 aromatic carbocycles. The Morgan fingerprint density at radius 3 is 2.54 bits per heavy atom. The highest BCUT2D eigenvalue weighted by Gasteiger charge is 2.50. The van der Waals surface area contributed by atoms with Gasteiger partial charge in [0.25, 0.3) is 0 Å². The van der Waals surface area contributed by atoms with Crippen LogP contribution >= 0.6 is 22.9 Å². The number of carbonyl (C=O) groups is 2. The summed E-state index contributed by atoms with van der Waals surface area (Å²) < 4.78 is 24.0. The molecule has 35 heavy (non-hydrogen) atoms. The number of hydrogen-bond acceptors (Lipinski definition) is 5. The van der Waals surface area contributed by atoms with Crippen molar-refractivity contribution in [2.45, 2.75) is 38.3 Å². The maximum atomic E-state index is 13.7. The topological polar surface area (TPSA) is 101 Å². The average molecular weight is 534 g/mol. The van der Waals surface area contributed by atoms with Crippen LogP contribution in [0, 0.1) is 0 Å². The average Bonchev–Trinajstić information content (AvgIpc) is 3.20. The normalized spacial score (nSPS) is 17.9. The number of sulfonamides is 1. The SMILES string of the molecule is CC1(C(=O)N(CCCS(N)(=O)=O)Cc2ccc(Cl)cc2)CCN1C(=O)Cc1csc2ccccc12.